The molecule has 7 heteroatoms. The number of nitrogens with zero attached hydrogens (tertiary/aromatic N) is 1. The summed E-state index contributed by atoms with van der Waals surface area (Å²) in [5.74, 6) is -1.71. The number of nitrogens with one attached hydrogen (secondary N) is 1. The van der Waals surface area contributed by atoms with Crippen LogP contribution in [0.5, 0.6) is 0 Å². The van der Waals surface area contributed by atoms with Crippen LogP contribution in [0, 0.1) is 0 Å². The van der Waals surface area contributed by atoms with E-state index in [1.165, 1.54) is 0 Å². The zero-order chi connectivity index (χ0) is 20.3. The maximum absolute atomic E-state index is 12.2. The van der Waals surface area contributed by atoms with Crippen LogP contribution in [0.1, 0.15) is 24.2 Å². The SMILES string of the molecule is CC1(C)NC(=O)N(CC(=O)OCC(=O)c2ccc(-c3ccccc3)cc2)C1=O. The summed E-state index contributed by atoms with van der Waals surface area (Å²) in [6, 6.07) is 16.0. The molecule has 1 saturated heterocycles. The Bertz CT molecular complexity index is 920. The van der Waals surface area contributed by atoms with E-state index in [2.05, 4.69) is 5.32 Å². The lowest BCUT2D eigenvalue weighted by Crippen LogP contribution is -2.41. The Morgan fingerprint density at radius 1 is 0.964 bits per heavy atom. The fourth-order valence-corrected chi connectivity index (χ4v) is 2.84. The van der Waals surface area contributed by atoms with Crippen molar-refractivity contribution >= 4 is 23.7 Å². The molecule has 2 aromatic rings. The maximum Gasteiger partial charge on any atom is 0.326 e. The Morgan fingerprint density at radius 3 is 2.14 bits per heavy atom. The summed E-state index contributed by atoms with van der Waals surface area (Å²) in [6.07, 6.45) is 0. The van der Waals surface area contributed by atoms with E-state index in [4.69, 9.17) is 4.74 Å². The van der Waals surface area contributed by atoms with Crippen molar-refractivity contribution < 1.29 is 23.9 Å². The molecule has 1 heterocycles. The molecule has 0 spiro atoms. The number of carbonyl (C=O) groups excluding carboxylic acids is 4. The number of rotatable bonds is 6. The van der Waals surface area contributed by atoms with Crippen LogP contribution in [0.4, 0.5) is 4.79 Å². The van der Waals surface area contributed by atoms with Gasteiger partial charge in [-0.3, -0.25) is 19.3 Å². The standard InChI is InChI=1S/C21H20N2O5/c1-21(2)19(26)23(20(27)22-21)12-18(25)28-13-17(24)16-10-8-15(9-11-16)14-6-4-3-5-7-14/h3-11H,12-13H2,1-2H3,(H,22,27). The quantitative estimate of drug-likeness (QED) is 0.472. The number of Topliss-reactive ketones (excluding diaryl/α,β-unsaturated/α-hetero) is 1. The third-order valence-corrected chi connectivity index (χ3v) is 4.41. The number of imide groups is 1. The first kappa shape index (κ1) is 19.3. The van der Waals surface area contributed by atoms with Crippen molar-refractivity contribution in [3.05, 3.63) is 60.2 Å². The van der Waals surface area contributed by atoms with Crippen LogP contribution < -0.4 is 5.32 Å². The van der Waals surface area contributed by atoms with Gasteiger partial charge in [0.25, 0.3) is 5.91 Å². The number of amides is 3. The number of carbonyl (C=O) groups is 4. The predicted molar refractivity (Wildman–Crippen MR) is 101 cm³/mol. The van der Waals surface area contributed by atoms with Gasteiger partial charge in [-0.1, -0.05) is 54.6 Å². The van der Waals surface area contributed by atoms with Gasteiger partial charge in [-0.05, 0) is 25.0 Å². The van der Waals surface area contributed by atoms with Gasteiger partial charge in [0, 0.05) is 5.56 Å². The zero-order valence-electron chi connectivity index (χ0n) is 15.6. The molecule has 0 aliphatic carbocycles. The van der Waals surface area contributed by atoms with Crippen LogP contribution in [0.15, 0.2) is 54.6 Å². The third kappa shape index (κ3) is 4.09. The van der Waals surface area contributed by atoms with Crippen molar-refractivity contribution in [3.63, 3.8) is 0 Å². The van der Waals surface area contributed by atoms with E-state index in [1.807, 2.05) is 42.5 Å². The monoisotopic (exact) mass is 380 g/mol. The van der Waals surface area contributed by atoms with Gasteiger partial charge in [-0.25, -0.2) is 4.79 Å². The summed E-state index contributed by atoms with van der Waals surface area (Å²) in [5, 5.41) is 2.47. The average molecular weight is 380 g/mol. The molecule has 0 atom stereocenters. The number of hydrogen-bond donors (Lipinski definition) is 1. The Balaban J connectivity index is 1.55. The van der Waals surface area contributed by atoms with Gasteiger partial charge in [0.1, 0.15) is 12.1 Å². The van der Waals surface area contributed by atoms with Gasteiger partial charge in [-0.15, -0.1) is 0 Å². The number of ether oxygens (including phenoxy) is 1. The molecule has 7 nitrogen and oxygen atoms in total. The largest absolute Gasteiger partial charge is 0.456 e. The van der Waals surface area contributed by atoms with Gasteiger partial charge >= 0.3 is 12.0 Å². The Hall–Kier alpha value is -3.48. The van der Waals surface area contributed by atoms with Gasteiger partial charge in [0.05, 0.1) is 0 Å². The number of ketones is 1. The van der Waals surface area contributed by atoms with Crippen LogP contribution in [0.25, 0.3) is 11.1 Å². The van der Waals surface area contributed by atoms with Crippen LogP contribution in [-0.2, 0) is 14.3 Å². The number of hydrogen-bond acceptors (Lipinski definition) is 5. The molecule has 144 valence electrons. The molecule has 1 N–H and O–H groups in total. The second kappa shape index (κ2) is 7.64. The van der Waals surface area contributed by atoms with Crippen molar-refractivity contribution in [1.82, 2.24) is 10.2 Å². The Morgan fingerprint density at radius 2 is 1.57 bits per heavy atom. The van der Waals surface area contributed by atoms with E-state index in [0.29, 0.717) is 5.56 Å². The van der Waals surface area contributed by atoms with E-state index >= 15 is 0 Å². The second-order valence-corrected chi connectivity index (χ2v) is 6.97. The first-order valence-electron chi connectivity index (χ1n) is 8.76. The molecule has 1 aliphatic heterocycles. The lowest BCUT2D eigenvalue weighted by Gasteiger charge is -2.15. The predicted octanol–water partition coefficient (Wildman–Crippen LogP) is 2.41. The highest BCUT2D eigenvalue weighted by Crippen LogP contribution is 2.19. The molecule has 3 amide bonds. The molecule has 0 aromatic heterocycles. The van der Waals surface area contributed by atoms with E-state index in [0.717, 1.165) is 16.0 Å². The second-order valence-electron chi connectivity index (χ2n) is 6.97. The molecule has 28 heavy (non-hydrogen) atoms. The molecule has 0 radical (unpaired) electrons. The minimum Gasteiger partial charge on any atom is -0.456 e. The summed E-state index contributed by atoms with van der Waals surface area (Å²) in [5.41, 5.74) is 1.34. The summed E-state index contributed by atoms with van der Waals surface area (Å²) in [7, 11) is 0. The lowest BCUT2D eigenvalue weighted by atomic mass is 10.0. The molecule has 1 aliphatic rings. The topological polar surface area (TPSA) is 92.8 Å². The molecular formula is C21H20N2O5. The van der Waals surface area contributed by atoms with Gasteiger partial charge in [0.2, 0.25) is 0 Å². The fraction of sp³-hybridized carbons (Fsp3) is 0.238. The molecule has 1 fully saturated rings. The summed E-state index contributed by atoms with van der Waals surface area (Å²) in [4.78, 5) is 48.7. The zero-order valence-corrected chi connectivity index (χ0v) is 15.6. The highest BCUT2D eigenvalue weighted by atomic mass is 16.5. The van der Waals surface area contributed by atoms with Gasteiger partial charge in [-0.2, -0.15) is 0 Å². The first-order valence-corrected chi connectivity index (χ1v) is 8.76. The minimum atomic E-state index is -1.06. The summed E-state index contributed by atoms with van der Waals surface area (Å²) in [6.45, 7) is 2.09. The normalized spacial score (nSPS) is 15.3. The Labute approximate surface area is 162 Å². The minimum absolute atomic E-state index is 0.370. The van der Waals surface area contributed by atoms with Crippen molar-refractivity contribution in [3.8, 4) is 11.1 Å². The number of benzene rings is 2. The Kier molecular flexibility index (Phi) is 5.26. The van der Waals surface area contributed by atoms with E-state index < -0.39 is 36.6 Å². The summed E-state index contributed by atoms with van der Waals surface area (Å²) >= 11 is 0. The van der Waals surface area contributed by atoms with Crippen molar-refractivity contribution in [2.24, 2.45) is 0 Å². The molecule has 0 saturated carbocycles. The van der Waals surface area contributed by atoms with E-state index in [-0.39, 0.29) is 5.78 Å². The highest BCUT2D eigenvalue weighted by molar-refractivity contribution is 6.08. The summed E-state index contributed by atoms with van der Waals surface area (Å²) < 4.78 is 4.94. The molecule has 2 aromatic carbocycles. The number of esters is 1. The van der Waals surface area contributed by atoms with E-state index in [9.17, 15) is 19.2 Å². The number of urea groups is 1. The smallest absolute Gasteiger partial charge is 0.326 e. The van der Waals surface area contributed by atoms with Crippen LogP contribution in [0.2, 0.25) is 0 Å². The molecule has 3 rings (SSSR count). The van der Waals surface area contributed by atoms with Gasteiger partial charge < -0.3 is 10.1 Å². The van der Waals surface area contributed by atoms with Crippen molar-refractivity contribution in [1.29, 1.82) is 0 Å². The highest BCUT2D eigenvalue weighted by Gasteiger charge is 2.45. The lowest BCUT2D eigenvalue weighted by molar-refractivity contribution is -0.146. The van der Waals surface area contributed by atoms with Crippen LogP contribution >= 0.6 is 0 Å². The van der Waals surface area contributed by atoms with E-state index in [1.54, 1.807) is 26.0 Å². The molecule has 0 unspecified atom stereocenters. The fourth-order valence-electron chi connectivity index (χ4n) is 2.84. The maximum atomic E-state index is 12.2. The van der Waals surface area contributed by atoms with Crippen LogP contribution in [-0.4, -0.2) is 47.3 Å². The molecular weight excluding hydrogens is 360 g/mol. The van der Waals surface area contributed by atoms with Crippen LogP contribution in [0.3, 0.4) is 0 Å². The average Bonchev–Trinajstić information content (AvgIpc) is 2.88. The van der Waals surface area contributed by atoms with Crippen molar-refractivity contribution in [2.45, 2.75) is 19.4 Å². The third-order valence-electron chi connectivity index (χ3n) is 4.41. The first-order chi connectivity index (χ1) is 13.3. The molecule has 0 bridgehead atoms. The van der Waals surface area contributed by atoms with Crippen molar-refractivity contribution in [2.75, 3.05) is 13.2 Å². The van der Waals surface area contributed by atoms with Gasteiger partial charge in [0.15, 0.2) is 12.4 Å².